The summed E-state index contributed by atoms with van der Waals surface area (Å²) < 4.78 is 40.7. The Balaban J connectivity index is 1.84. The van der Waals surface area contributed by atoms with Crippen LogP contribution in [0.1, 0.15) is 12.8 Å². The van der Waals surface area contributed by atoms with E-state index in [2.05, 4.69) is 9.62 Å². The molecule has 2 bridgehead atoms. The first kappa shape index (κ1) is 13.8. The van der Waals surface area contributed by atoms with E-state index >= 15 is 0 Å². The van der Waals surface area contributed by atoms with Crippen molar-refractivity contribution in [3.8, 4) is 0 Å². The maximum absolute atomic E-state index is 13.2. The van der Waals surface area contributed by atoms with E-state index in [1.165, 1.54) is 6.07 Å². The van der Waals surface area contributed by atoms with Crippen molar-refractivity contribution in [3.63, 3.8) is 0 Å². The SMILES string of the molecule is Nc1ccc(F)cc1S(=O)(=O)NC1CN2CCC1CC2. The van der Waals surface area contributed by atoms with E-state index in [0.717, 1.165) is 44.6 Å². The fourth-order valence-corrected chi connectivity index (χ4v) is 4.54. The molecule has 0 aromatic heterocycles. The highest BCUT2D eigenvalue weighted by molar-refractivity contribution is 7.89. The lowest BCUT2D eigenvalue weighted by molar-refractivity contribution is 0.0827. The van der Waals surface area contributed by atoms with Crippen LogP contribution < -0.4 is 10.5 Å². The second-order valence-corrected chi connectivity index (χ2v) is 7.23. The minimum atomic E-state index is -3.78. The number of benzene rings is 1. The molecule has 1 aromatic carbocycles. The molecule has 0 aliphatic carbocycles. The second kappa shape index (κ2) is 4.98. The van der Waals surface area contributed by atoms with Crippen LogP contribution in [0.5, 0.6) is 0 Å². The number of piperidine rings is 3. The Kier molecular flexibility index (Phi) is 3.43. The Morgan fingerprint density at radius 3 is 2.60 bits per heavy atom. The molecule has 1 aromatic rings. The van der Waals surface area contributed by atoms with Gasteiger partial charge in [0.1, 0.15) is 10.7 Å². The van der Waals surface area contributed by atoms with Crippen molar-refractivity contribution >= 4 is 15.7 Å². The Morgan fingerprint density at radius 2 is 2.00 bits per heavy atom. The van der Waals surface area contributed by atoms with Gasteiger partial charge < -0.3 is 10.6 Å². The van der Waals surface area contributed by atoms with Gasteiger partial charge in [0, 0.05) is 12.6 Å². The van der Waals surface area contributed by atoms with E-state index < -0.39 is 15.8 Å². The van der Waals surface area contributed by atoms with Gasteiger partial charge in [0.05, 0.1) is 5.69 Å². The number of anilines is 1. The summed E-state index contributed by atoms with van der Waals surface area (Å²) in [6.07, 6.45) is 2.01. The van der Waals surface area contributed by atoms with Gasteiger partial charge in [-0.15, -0.1) is 0 Å². The standard InChI is InChI=1S/C13H18FN3O2S/c14-10-1-2-11(15)13(7-10)20(18,19)16-12-8-17-5-3-9(12)4-6-17/h1-2,7,9,12,16H,3-6,8,15H2. The molecular formula is C13H18FN3O2S. The monoisotopic (exact) mass is 299 g/mol. The van der Waals surface area contributed by atoms with E-state index in [9.17, 15) is 12.8 Å². The summed E-state index contributed by atoms with van der Waals surface area (Å²) in [5.74, 6) is -0.238. The van der Waals surface area contributed by atoms with Crippen LogP contribution in [-0.4, -0.2) is 39.0 Å². The van der Waals surface area contributed by atoms with Gasteiger partial charge in [0.25, 0.3) is 0 Å². The quantitative estimate of drug-likeness (QED) is 0.809. The van der Waals surface area contributed by atoms with Gasteiger partial charge in [-0.1, -0.05) is 0 Å². The summed E-state index contributed by atoms with van der Waals surface area (Å²) >= 11 is 0. The number of nitrogens with zero attached hydrogens (tertiary/aromatic N) is 1. The lowest BCUT2D eigenvalue weighted by Gasteiger charge is -2.44. The highest BCUT2D eigenvalue weighted by Gasteiger charge is 2.36. The molecule has 3 N–H and O–H groups in total. The zero-order valence-corrected chi connectivity index (χ0v) is 11.9. The average molecular weight is 299 g/mol. The number of nitrogens with two attached hydrogens (primary N) is 1. The van der Waals surface area contributed by atoms with Crippen molar-refractivity contribution in [1.29, 1.82) is 0 Å². The summed E-state index contributed by atoms with van der Waals surface area (Å²) in [6, 6.07) is 3.30. The number of nitrogen functional groups attached to an aromatic ring is 1. The fourth-order valence-electron chi connectivity index (χ4n) is 3.10. The smallest absolute Gasteiger partial charge is 0.243 e. The van der Waals surface area contributed by atoms with Crippen LogP contribution in [0.2, 0.25) is 0 Å². The molecule has 3 aliphatic heterocycles. The molecule has 4 rings (SSSR count). The molecule has 1 atom stereocenters. The molecule has 0 saturated carbocycles. The van der Waals surface area contributed by atoms with E-state index in [0.29, 0.717) is 5.92 Å². The molecule has 3 saturated heterocycles. The Bertz CT molecular complexity index is 612. The predicted octanol–water partition coefficient (Wildman–Crippen LogP) is 0.780. The average Bonchev–Trinajstić information content (AvgIpc) is 2.42. The predicted molar refractivity (Wildman–Crippen MR) is 74.1 cm³/mol. The third-order valence-electron chi connectivity index (χ3n) is 4.23. The number of sulfonamides is 1. The van der Waals surface area contributed by atoms with Crippen molar-refractivity contribution < 1.29 is 12.8 Å². The number of halogens is 1. The van der Waals surface area contributed by atoms with Gasteiger partial charge in [0.15, 0.2) is 0 Å². The molecule has 20 heavy (non-hydrogen) atoms. The van der Waals surface area contributed by atoms with Crippen molar-refractivity contribution in [2.75, 3.05) is 25.4 Å². The summed E-state index contributed by atoms with van der Waals surface area (Å²) in [7, 11) is -3.78. The van der Waals surface area contributed by atoms with Crippen LogP contribution in [0.15, 0.2) is 23.1 Å². The molecule has 3 aliphatic rings. The van der Waals surface area contributed by atoms with Gasteiger partial charge in [-0.05, 0) is 50.0 Å². The molecule has 110 valence electrons. The van der Waals surface area contributed by atoms with Crippen LogP contribution in [-0.2, 0) is 10.0 Å². The van der Waals surface area contributed by atoms with Gasteiger partial charge in [-0.25, -0.2) is 17.5 Å². The second-order valence-electron chi connectivity index (χ2n) is 5.55. The maximum Gasteiger partial charge on any atom is 0.243 e. The van der Waals surface area contributed by atoms with Gasteiger partial charge in [-0.2, -0.15) is 0 Å². The molecule has 7 heteroatoms. The lowest BCUT2D eigenvalue weighted by atomic mass is 9.85. The third-order valence-corrected chi connectivity index (χ3v) is 5.77. The van der Waals surface area contributed by atoms with E-state index in [1.807, 2.05) is 0 Å². The first-order chi connectivity index (χ1) is 9.45. The molecule has 0 radical (unpaired) electrons. The summed E-state index contributed by atoms with van der Waals surface area (Å²) in [5, 5.41) is 0. The molecule has 3 fully saturated rings. The van der Waals surface area contributed by atoms with E-state index in [-0.39, 0.29) is 16.6 Å². The number of rotatable bonds is 3. The van der Waals surface area contributed by atoms with Gasteiger partial charge >= 0.3 is 0 Å². The number of hydrogen-bond acceptors (Lipinski definition) is 4. The highest BCUT2D eigenvalue weighted by Crippen LogP contribution is 2.29. The minimum Gasteiger partial charge on any atom is -0.398 e. The zero-order chi connectivity index (χ0) is 14.3. The van der Waals surface area contributed by atoms with Crippen LogP contribution in [0, 0.1) is 11.7 Å². The summed E-state index contributed by atoms with van der Waals surface area (Å²) in [4.78, 5) is 2.08. The first-order valence-corrected chi connectivity index (χ1v) is 8.24. The molecule has 3 heterocycles. The Labute approximate surface area is 118 Å². The number of hydrogen-bond donors (Lipinski definition) is 2. The van der Waals surface area contributed by atoms with Crippen LogP contribution in [0.4, 0.5) is 10.1 Å². The molecule has 1 unspecified atom stereocenters. The van der Waals surface area contributed by atoms with Gasteiger partial charge in [-0.3, -0.25) is 0 Å². The maximum atomic E-state index is 13.2. The lowest BCUT2D eigenvalue weighted by Crippen LogP contribution is -2.57. The highest BCUT2D eigenvalue weighted by atomic mass is 32.2. The fraction of sp³-hybridized carbons (Fsp3) is 0.538. The van der Waals surface area contributed by atoms with Crippen molar-refractivity contribution in [2.24, 2.45) is 5.92 Å². The number of nitrogens with one attached hydrogen (secondary N) is 1. The topological polar surface area (TPSA) is 75.4 Å². The summed E-state index contributed by atoms with van der Waals surface area (Å²) in [6.45, 7) is 2.79. The van der Waals surface area contributed by atoms with E-state index in [4.69, 9.17) is 5.73 Å². The largest absolute Gasteiger partial charge is 0.398 e. The molecule has 0 spiro atoms. The summed E-state index contributed by atoms with van der Waals surface area (Å²) in [5.41, 5.74) is 5.73. The van der Waals surface area contributed by atoms with Crippen molar-refractivity contribution in [1.82, 2.24) is 9.62 Å². The van der Waals surface area contributed by atoms with E-state index in [1.54, 1.807) is 0 Å². The molecule has 0 amide bonds. The van der Waals surface area contributed by atoms with Crippen LogP contribution in [0.25, 0.3) is 0 Å². The molecular weight excluding hydrogens is 281 g/mol. The molecule has 5 nitrogen and oxygen atoms in total. The third kappa shape index (κ3) is 2.53. The Morgan fingerprint density at radius 1 is 1.30 bits per heavy atom. The van der Waals surface area contributed by atoms with Crippen LogP contribution in [0.3, 0.4) is 0 Å². The Hall–Kier alpha value is -1.18. The van der Waals surface area contributed by atoms with Gasteiger partial charge in [0.2, 0.25) is 10.0 Å². The normalized spacial score (nSPS) is 29.6. The first-order valence-electron chi connectivity index (χ1n) is 6.75. The zero-order valence-electron chi connectivity index (χ0n) is 11.0. The van der Waals surface area contributed by atoms with Crippen LogP contribution >= 0.6 is 0 Å². The number of fused-ring (bicyclic) bond motifs is 3. The van der Waals surface area contributed by atoms with Crippen molar-refractivity contribution in [3.05, 3.63) is 24.0 Å². The van der Waals surface area contributed by atoms with Crippen molar-refractivity contribution in [2.45, 2.75) is 23.8 Å². The minimum absolute atomic E-state index is 0.0696.